The molecule has 0 bridgehead atoms. The van der Waals surface area contributed by atoms with E-state index in [1.165, 1.54) is 0 Å². The zero-order chi connectivity index (χ0) is 16.5. The summed E-state index contributed by atoms with van der Waals surface area (Å²) in [5.74, 6) is -0.212. The van der Waals surface area contributed by atoms with Crippen molar-refractivity contribution in [3.8, 4) is 0 Å². The van der Waals surface area contributed by atoms with E-state index in [-0.39, 0.29) is 36.4 Å². The Labute approximate surface area is 135 Å². The molecule has 1 heterocycles. The van der Waals surface area contributed by atoms with Crippen molar-refractivity contribution in [2.75, 3.05) is 25.5 Å². The SMILES string of the molecule is C[C@H](CS)C(=O)N1CCC[C@H]1C(=O)OCCCCON(O)O. The Balaban J connectivity index is 2.30. The molecule has 0 aromatic heterocycles. The van der Waals surface area contributed by atoms with Crippen molar-refractivity contribution in [2.24, 2.45) is 5.92 Å². The number of hydrogen-bond donors (Lipinski definition) is 3. The number of esters is 1. The van der Waals surface area contributed by atoms with Crippen molar-refractivity contribution in [3.05, 3.63) is 0 Å². The van der Waals surface area contributed by atoms with Gasteiger partial charge in [0.15, 0.2) is 0 Å². The van der Waals surface area contributed by atoms with E-state index in [9.17, 15) is 9.59 Å². The van der Waals surface area contributed by atoms with Gasteiger partial charge >= 0.3 is 5.97 Å². The summed E-state index contributed by atoms with van der Waals surface area (Å²) in [5, 5.41) is 16.3. The zero-order valence-electron chi connectivity index (χ0n) is 12.7. The van der Waals surface area contributed by atoms with Crippen LogP contribution in [0.5, 0.6) is 0 Å². The van der Waals surface area contributed by atoms with Crippen molar-refractivity contribution < 1.29 is 29.6 Å². The van der Waals surface area contributed by atoms with Gasteiger partial charge in [0.1, 0.15) is 6.04 Å². The van der Waals surface area contributed by atoms with Crippen LogP contribution in [0.15, 0.2) is 0 Å². The predicted octanol–water partition coefficient (Wildman–Crippen LogP) is 0.879. The Hall–Kier alpha value is -0.870. The van der Waals surface area contributed by atoms with Crippen molar-refractivity contribution in [2.45, 2.75) is 38.6 Å². The molecule has 128 valence electrons. The lowest BCUT2D eigenvalue weighted by Crippen LogP contribution is -2.44. The molecule has 0 aromatic carbocycles. The Bertz CT molecular complexity index is 368. The van der Waals surface area contributed by atoms with Gasteiger partial charge in [0, 0.05) is 18.2 Å². The topological polar surface area (TPSA) is 99.5 Å². The highest BCUT2D eigenvalue weighted by atomic mass is 32.1. The highest BCUT2D eigenvalue weighted by Gasteiger charge is 2.36. The summed E-state index contributed by atoms with van der Waals surface area (Å²) < 4.78 is 5.18. The van der Waals surface area contributed by atoms with Gasteiger partial charge in [-0.2, -0.15) is 12.6 Å². The number of ether oxygens (including phenoxy) is 1. The third-order valence-electron chi connectivity index (χ3n) is 3.49. The van der Waals surface area contributed by atoms with Crippen LogP contribution in [0.25, 0.3) is 0 Å². The number of rotatable bonds is 9. The maximum Gasteiger partial charge on any atom is 0.328 e. The average molecular weight is 336 g/mol. The summed E-state index contributed by atoms with van der Waals surface area (Å²) in [5.41, 5.74) is 0. The lowest BCUT2D eigenvalue weighted by molar-refractivity contribution is -0.492. The normalized spacial score (nSPS) is 19.5. The summed E-state index contributed by atoms with van der Waals surface area (Å²) in [4.78, 5) is 30.2. The summed E-state index contributed by atoms with van der Waals surface area (Å²) >= 11 is 4.12. The van der Waals surface area contributed by atoms with Gasteiger partial charge in [-0.1, -0.05) is 6.92 Å². The van der Waals surface area contributed by atoms with Crippen molar-refractivity contribution in [3.63, 3.8) is 0 Å². The van der Waals surface area contributed by atoms with Gasteiger partial charge in [-0.3, -0.25) is 20.0 Å². The molecular formula is C13H24N2O6S. The molecule has 0 unspecified atom stereocenters. The molecule has 2 atom stereocenters. The lowest BCUT2D eigenvalue weighted by atomic mass is 10.1. The standard InChI is InChI=1S/C13H24N2O6S/c1-10(9-22)12(16)14-6-4-5-11(14)13(17)20-7-2-3-8-21-15(18)19/h10-11,18-19,22H,2-9H2,1H3/t10-,11+/m1/s1. The summed E-state index contributed by atoms with van der Waals surface area (Å²) in [6, 6.07) is -0.503. The molecule has 1 aliphatic rings. The second kappa shape index (κ2) is 10.0. The monoisotopic (exact) mass is 336 g/mol. The maximum absolute atomic E-state index is 12.2. The first-order chi connectivity index (χ1) is 10.5. The van der Waals surface area contributed by atoms with E-state index in [4.69, 9.17) is 15.2 Å². The highest BCUT2D eigenvalue weighted by Crippen LogP contribution is 2.21. The fourth-order valence-corrected chi connectivity index (χ4v) is 2.41. The smallest absolute Gasteiger partial charge is 0.328 e. The lowest BCUT2D eigenvalue weighted by Gasteiger charge is -2.25. The predicted molar refractivity (Wildman–Crippen MR) is 79.3 cm³/mol. The second-order valence-electron chi connectivity index (χ2n) is 5.23. The largest absolute Gasteiger partial charge is 0.464 e. The highest BCUT2D eigenvalue weighted by molar-refractivity contribution is 7.80. The first-order valence-corrected chi connectivity index (χ1v) is 7.99. The molecule has 1 saturated heterocycles. The zero-order valence-corrected chi connectivity index (χ0v) is 13.6. The van der Waals surface area contributed by atoms with Gasteiger partial charge in [0.25, 0.3) is 0 Å². The molecule has 8 nitrogen and oxygen atoms in total. The first kappa shape index (κ1) is 19.2. The summed E-state index contributed by atoms with van der Waals surface area (Å²) in [6.45, 7) is 2.69. The van der Waals surface area contributed by atoms with Crippen LogP contribution >= 0.6 is 12.6 Å². The molecule has 1 amide bonds. The van der Waals surface area contributed by atoms with Crippen LogP contribution in [0.3, 0.4) is 0 Å². The van der Waals surface area contributed by atoms with Crippen LogP contribution in [0.2, 0.25) is 0 Å². The third-order valence-corrected chi connectivity index (χ3v) is 4.04. The molecular weight excluding hydrogens is 312 g/mol. The molecule has 1 fully saturated rings. The minimum Gasteiger partial charge on any atom is -0.464 e. The molecule has 0 aromatic rings. The van der Waals surface area contributed by atoms with E-state index < -0.39 is 6.04 Å². The molecule has 1 rings (SSSR count). The number of carbonyl (C=O) groups excluding carboxylic acids is 2. The number of unbranched alkanes of at least 4 members (excludes halogenated alkanes) is 1. The van der Waals surface area contributed by atoms with Gasteiger partial charge in [-0.15, -0.1) is 0 Å². The van der Waals surface area contributed by atoms with Gasteiger partial charge in [0.2, 0.25) is 5.91 Å². The fourth-order valence-electron chi connectivity index (χ4n) is 2.26. The number of amides is 1. The Kier molecular flexibility index (Phi) is 8.72. The van der Waals surface area contributed by atoms with E-state index in [1.54, 1.807) is 11.8 Å². The van der Waals surface area contributed by atoms with Crippen LogP contribution in [0.1, 0.15) is 32.6 Å². The van der Waals surface area contributed by atoms with E-state index in [2.05, 4.69) is 17.5 Å². The number of nitrogens with zero attached hydrogens (tertiary/aromatic N) is 2. The van der Waals surface area contributed by atoms with Gasteiger partial charge in [-0.05, 0) is 25.7 Å². The van der Waals surface area contributed by atoms with Crippen molar-refractivity contribution in [1.82, 2.24) is 10.3 Å². The fraction of sp³-hybridized carbons (Fsp3) is 0.846. The second-order valence-corrected chi connectivity index (χ2v) is 5.60. The maximum atomic E-state index is 12.2. The number of likely N-dealkylation sites (tertiary alicyclic amines) is 1. The molecule has 0 saturated carbocycles. The molecule has 2 N–H and O–H groups in total. The Morgan fingerprint density at radius 3 is 2.68 bits per heavy atom. The molecule has 0 aliphatic carbocycles. The van der Waals surface area contributed by atoms with Crippen LogP contribution in [-0.2, 0) is 19.2 Å². The van der Waals surface area contributed by atoms with Crippen molar-refractivity contribution >= 4 is 24.5 Å². The van der Waals surface area contributed by atoms with E-state index >= 15 is 0 Å². The van der Waals surface area contributed by atoms with Gasteiger partial charge in [-0.25, -0.2) is 4.79 Å². The van der Waals surface area contributed by atoms with Crippen LogP contribution in [0, 0.1) is 5.92 Å². The first-order valence-electron chi connectivity index (χ1n) is 7.36. The van der Waals surface area contributed by atoms with Gasteiger partial charge < -0.3 is 9.64 Å². The van der Waals surface area contributed by atoms with E-state index in [0.29, 0.717) is 31.6 Å². The number of thiol groups is 1. The molecule has 1 aliphatic heterocycles. The van der Waals surface area contributed by atoms with Crippen LogP contribution in [0.4, 0.5) is 0 Å². The van der Waals surface area contributed by atoms with E-state index in [0.717, 1.165) is 6.42 Å². The summed E-state index contributed by atoms with van der Waals surface area (Å²) in [6.07, 6.45) is 2.46. The summed E-state index contributed by atoms with van der Waals surface area (Å²) in [7, 11) is 0. The number of carbonyl (C=O) groups is 2. The molecule has 0 radical (unpaired) electrons. The van der Waals surface area contributed by atoms with Crippen LogP contribution in [-0.4, -0.2) is 64.1 Å². The third kappa shape index (κ3) is 6.09. The quantitative estimate of drug-likeness (QED) is 0.249. The minimum atomic E-state index is -0.503. The van der Waals surface area contributed by atoms with Crippen LogP contribution < -0.4 is 0 Å². The number of hydrogen-bond acceptors (Lipinski definition) is 8. The Morgan fingerprint density at radius 1 is 1.36 bits per heavy atom. The average Bonchev–Trinajstić information content (AvgIpc) is 2.98. The molecule has 9 heteroatoms. The minimum absolute atomic E-state index is 0.0613. The molecule has 22 heavy (non-hydrogen) atoms. The van der Waals surface area contributed by atoms with Gasteiger partial charge in [0.05, 0.1) is 18.6 Å². The van der Waals surface area contributed by atoms with Crippen molar-refractivity contribution in [1.29, 1.82) is 0 Å². The van der Waals surface area contributed by atoms with E-state index in [1.807, 2.05) is 0 Å². The Morgan fingerprint density at radius 2 is 2.05 bits per heavy atom. The molecule has 0 spiro atoms.